The van der Waals surface area contributed by atoms with E-state index in [0.29, 0.717) is 6.54 Å². The number of amides is 1. The number of para-hydroxylation sites is 1. The van der Waals surface area contributed by atoms with Gasteiger partial charge in [0.2, 0.25) is 5.91 Å². The number of hydrogen-bond donors (Lipinski definition) is 0. The van der Waals surface area contributed by atoms with Crippen molar-refractivity contribution >= 4 is 26.6 Å². The highest BCUT2D eigenvalue weighted by molar-refractivity contribution is 7.94. The predicted molar refractivity (Wildman–Crippen MR) is 128 cm³/mol. The van der Waals surface area contributed by atoms with Crippen molar-refractivity contribution in [3.05, 3.63) is 108 Å². The molecule has 0 saturated carbocycles. The summed E-state index contributed by atoms with van der Waals surface area (Å²) < 4.78 is 26.1. The molecule has 166 valence electrons. The highest BCUT2D eigenvalue weighted by Crippen LogP contribution is 2.22. The van der Waals surface area contributed by atoms with E-state index in [9.17, 15) is 13.2 Å². The van der Waals surface area contributed by atoms with Crippen molar-refractivity contribution in [2.75, 3.05) is 5.75 Å². The molecule has 2 aromatic heterocycles. The lowest BCUT2D eigenvalue weighted by molar-refractivity contribution is -0.132. The number of nitrogens with zero attached hydrogens (tertiary/aromatic N) is 3. The zero-order valence-corrected chi connectivity index (χ0v) is 18.7. The second kappa shape index (κ2) is 8.67. The minimum Gasteiger partial charge on any atom is -0.331 e. The summed E-state index contributed by atoms with van der Waals surface area (Å²) in [5.41, 5.74) is 3.93. The predicted octanol–water partition coefficient (Wildman–Crippen LogP) is 3.91. The third-order valence-corrected chi connectivity index (χ3v) is 7.28. The van der Waals surface area contributed by atoms with Crippen molar-refractivity contribution < 1.29 is 13.2 Å². The lowest BCUT2D eigenvalue weighted by Crippen LogP contribution is -2.41. The van der Waals surface area contributed by atoms with E-state index in [1.807, 2.05) is 54.7 Å². The quantitative estimate of drug-likeness (QED) is 0.440. The van der Waals surface area contributed by atoms with Crippen LogP contribution in [0.5, 0.6) is 0 Å². The highest BCUT2D eigenvalue weighted by Gasteiger charge is 2.30. The molecule has 0 saturated heterocycles. The summed E-state index contributed by atoms with van der Waals surface area (Å²) >= 11 is 0. The van der Waals surface area contributed by atoms with E-state index >= 15 is 0 Å². The number of aromatic nitrogens is 2. The van der Waals surface area contributed by atoms with Crippen molar-refractivity contribution in [3.63, 3.8) is 0 Å². The fraction of sp³-hybridized carbons (Fsp3) is 0.154. The molecule has 0 aliphatic carbocycles. The summed E-state index contributed by atoms with van der Waals surface area (Å²) in [5.74, 6) is -0.193. The van der Waals surface area contributed by atoms with Gasteiger partial charge in [-0.3, -0.25) is 9.78 Å². The number of fused-ring (bicyclic) bond motifs is 1. The summed E-state index contributed by atoms with van der Waals surface area (Å²) in [6.07, 6.45) is 7.18. The monoisotopic (exact) mass is 457 g/mol. The maximum Gasteiger partial charge on any atom is 0.227 e. The first-order valence-electron chi connectivity index (χ1n) is 10.7. The van der Waals surface area contributed by atoms with Crippen LogP contribution in [0.25, 0.3) is 16.6 Å². The first kappa shape index (κ1) is 21.2. The molecule has 1 atom stereocenters. The third-order valence-electron chi connectivity index (χ3n) is 5.90. The zero-order chi connectivity index (χ0) is 22.8. The van der Waals surface area contributed by atoms with Crippen molar-refractivity contribution in [1.82, 2.24) is 14.5 Å². The highest BCUT2D eigenvalue weighted by atomic mass is 32.2. The summed E-state index contributed by atoms with van der Waals surface area (Å²) in [7, 11) is -3.28. The van der Waals surface area contributed by atoms with E-state index in [-0.39, 0.29) is 18.1 Å². The number of pyridine rings is 1. The van der Waals surface area contributed by atoms with Gasteiger partial charge in [-0.05, 0) is 59.0 Å². The minimum atomic E-state index is -3.28. The summed E-state index contributed by atoms with van der Waals surface area (Å²) in [5, 5.41) is 2.38. The third kappa shape index (κ3) is 4.59. The molecule has 1 unspecified atom stereocenters. The molecule has 0 bridgehead atoms. The first-order chi connectivity index (χ1) is 16.0. The van der Waals surface area contributed by atoms with Crippen molar-refractivity contribution in [2.45, 2.75) is 19.0 Å². The van der Waals surface area contributed by atoms with E-state index in [1.165, 1.54) is 10.8 Å². The van der Waals surface area contributed by atoms with Gasteiger partial charge < -0.3 is 9.47 Å². The lowest BCUT2D eigenvalue weighted by Gasteiger charge is -2.28. The molecule has 5 rings (SSSR count). The van der Waals surface area contributed by atoms with Crippen LogP contribution in [0.4, 0.5) is 0 Å². The van der Waals surface area contributed by atoms with Gasteiger partial charge in [0, 0.05) is 36.2 Å². The smallest absolute Gasteiger partial charge is 0.227 e. The zero-order valence-electron chi connectivity index (χ0n) is 17.9. The summed E-state index contributed by atoms with van der Waals surface area (Å²) in [6, 6.07) is 21.4. The van der Waals surface area contributed by atoms with Crippen molar-refractivity contribution in [1.29, 1.82) is 0 Å². The normalized spacial score (nSPS) is 16.8. The van der Waals surface area contributed by atoms with Gasteiger partial charge in [-0.25, -0.2) is 8.42 Å². The van der Waals surface area contributed by atoms with E-state index in [4.69, 9.17) is 0 Å². The van der Waals surface area contributed by atoms with Gasteiger partial charge >= 0.3 is 0 Å². The minimum absolute atomic E-state index is 0.0799. The van der Waals surface area contributed by atoms with Crippen LogP contribution in [-0.2, 0) is 27.6 Å². The van der Waals surface area contributed by atoms with E-state index < -0.39 is 15.9 Å². The average Bonchev–Trinajstić information content (AvgIpc) is 3.41. The Balaban J connectivity index is 1.36. The number of rotatable bonds is 6. The van der Waals surface area contributed by atoms with E-state index in [0.717, 1.165) is 22.3 Å². The van der Waals surface area contributed by atoms with Crippen LogP contribution in [0.2, 0.25) is 0 Å². The molecule has 7 heteroatoms. The first-order valence-corrected chi connectivity index (χ1v) is 12.4. The van der Waals surface area contributed by atoms with Crippen LogP contribution in [0.1, 0.15) is 11.1 Å². The molecule has 1 amide bonds. The number of sulfone groups is 1. The topological polar surface area (TPSA) is 72.3 Å². The van der Waals surface area contributed by atoms with E-state index in [2.05, 4.69) is 27.8 Å². The standard InChI is InChI=1S/C26H23N3O3S/c30-26(29(18-21-9-13-27-14-10-21)24-12-16-33(31,32)19-24)17-20-5-7-23(8-6-20)28-15-11-22-3-1-2-4-25(22)28/h1-16,24H,17-19H2. The van der Waals surface area contributed by atoms with Gasteiger partial charge in [-0.2, -0.15) is 0 Å². The van der Waals surface area contributed by atoms with Crippen LogP contribution in [0.3, 0.4) is 0 Å². The largest absolute Gasteiger partial charge is 0.331 e. The second-order valence-electron chi connectivity index (χ2n) is 8.19. The Hall–Kier alpha value is -3.71. The van der Waals surface area contributed by atoms with Crippen LogP contribution in [0.15, 0.2) is 96.8 Å². The maximum absolute atomic E-state index is 13.3. The van der Waals surface area contributed by atoms with E-state index in [1.54, 1.807) is 23.4 Å². The maximum atomic E-state index is 13.3. The molecule has 0 radical (unpaired) electrons. The number of carbonyl (C=O) groups excluding carboxylic acids is 1. The van der Waals surface area contributed by atoms with Crippen molar-refractivity contribution in [2.24, 2.45) is 0 Å². The average molecular weight is 458 g/mol. The molecule has 33 heavy (non-hydrogen) atoms. The van der Waals surface area contributed by atoms with Gasteiger partial charge in [0.1, 0.15) is 0 Å². The second-order valence-corrected chi connectivity index (χ2v) is 10.1. The molecule has 0 N–H and O–H groups in total. The molecule has 0 fully saturated rings. The number of carbonyl (C=O) groups is 1. The number of benzene rings is 2. The summed E-state index contributed by atoms with van der Waals surface area (Å²) in [4.78, 5) is 18.9. The van der Waals surface area contributed by atoms with Gasteiger partial charge in [0.05, 0.1) is 23.7 Å². The number of hydrogen-bond acceptors (Lipinski definition) is 4. The molecular formula is C26H23N3O3S. The SMILES string of the molecule is O=C(Cc1ccc(-n2ccc3ccccc32)cc1)N(Cc1ccncc1)C1C=CS(=O)(=O)C1. The van der Waals surface area contributed by atoms with Crippen LogP contribution < -0.4 is 0 Å². The molecule has 0 spiro atoms. The molecule has 2 aromatic carbocycles. The molecule has 6 nitrogen and oxygen atoms in total. The molecule has 1 aliphatic heterocycles. The van der Waals surface area contributed by atoms with Gasteiger partial charge in [-0.1, -0.05) is 30.3 Å². The molecular weight excluding hydrogens is 434 g/mol. The Labute approximate surface area is 192 Å². The van der Waals surface area contributed by atoms with Gasteiger partial charge in [0.15, 0.2) is 9.84 Å². The lowest BCUT2D eigenvalue weighted by atomic mass is 10.1. The Morgan fingerprint density at radius 3 is 2.45 bits per heavy atom. The Bertz CT molecular complexity index is 1420. The molecule has 1 aliphatic rings. The summed E-state index contributed by atoms with van der Waals surface area (Å²) in [6.45, 7) is 0.333. The molecule has 4 aromatic rings. The van der Waals surface area contributed by atoms with Crippen LogP contribution in [0, 0.1) is 0 Å². The molecule has 3 heterocycles. The van der Waals surface area contributed by atoms with Crippen LogP contribution >= 0.6 is 0 Å². The fourth-order valence-corrected chi connectivity index (χ4v) is 5.49. The van der Waals surface area contributed by atoms with Gasteiger partial charge in [0.25, 0.3) is 0 Å². The fourth-order valence-electron chi connectivity index (χ4n) is 4.19. The Morgan fingerprint density at radius 1 is 0.970 bits per heavy atom. The van der Waals surface area contributed by atoms with Gasteiger partial charge in [-0.15, -0.1) is 0 Å². The van der Waals surface area contributed by atoms with Crippen LogP contribution in [-0.4, -0.2) is 40.6 Å². The Morgan fingerprint density at radius 2 is 1.73 bits per heavy atom. The van der Waals surface area contributed by atoms with Crippen molar-refractivity contribution in [3.8, 4) is 5.69 Å². The Kier molecular flexibility index (Phi) is 5.56.